The zero-order valence-electron chi connectivity index (χ0n) is 18.0. The van der Waals surface area contributed by atoms with Crippen molar-refractivity contribution in [2.45, 2.75) is 37.6 Å². The van der Waals surface area contributed by atoms with Crippen molar-refractivity contribution in [1.29, 1.82) is 0 Å². The SMILES string of the molecule is OC1CC[C@@H](n2cnc3c(NCc4cccc(Cl)c4)nc(C#Cc4cccc(Cl)c4)nc32)[C@@H]1O. The monoisotopic (exact) mass is 493 g/mol. The Morgan fingerprint density at radius 2 is 1.79 bits per heavy atom. The van der Waals surface area contributed by atoms with Crippen LogP contribution >= 0.6 is 23.2 Å². The van der Waals surface area contributed by atoms with Crippen LogP contribution in [0.2, 0.25) is 10.0 Å². The van der Waals surface area contributed by atoms with Crippen molar-refractivity contribution < 1.29 is 10.2 Å². The molecule has 2 aromatic carbocycles. The van der Waals surface area contributed by atoms with Gasteiger partial charge in [0.05, 0.1) is 18.5 Å². The van der Waals surface area contributed by atoms with Crippen LogP contribution in [0, 0.1) is 11.8 Å². The van der Waals surface area contributed by atoms with Gasteiger partial charge in [-0.3, -0.25) is 0 Å². The maximum atomic E-state index is 10.5. The van der Waals surface area contributed by atoms with E-state index in [9.17, 15) is 10.2 Å². The third kappa shape index (κ3) is 4.72. The maximum Gasteiger partial charge on any atom is 0.209 e. The average molecular weight is 494 g/mol. The highest BCUT2D eigenvalue weighted by atomic mass is 35.5. The fourth-order valence-corrected chi connectivity index (χ4v) is 4.51. The number of imidazole rings is 1. The largest absolute Gasteiger partial charge is 0.390 e. The van der Waals surface area contributed by atoms with E-state index in [-0.39, 0.29) is 6.04 Å². The fourth-order valence-electron chi connectivity index (χ4n) is 4.11. The van der Waals surface area contributed by atoms with Gasteiger partial charge in [0.2, 0.25) is 5.82 Å². The Bertz CT molecular complexity index is 1410. The zero-order valence-corrected chi connectivity index (χ0v) is 19.5. The maximum absolute atomic E-state index is 10.5. The van der Waals surface area contributed by atoms with Gasteiger partial charge >= 0.3 is 0 Å². The highest BCUT2D eigenvalue weighted by Gasteiger charge is 2.35. The molecule has 0 saturated heterocycles. The molecule has 2 heterocycles. The molecule has 0 bridgehead atoms. The summed E-state index contributed by atoms with van der Waals surface area (Å²) in [6.07, 6.45) is 1.09. The quantitative estimate of drug-likeness (QED) is 0.368. The molecule has 0 aliphatic heterocycles. The smallest absolute Gasteiger partial charge is 0.209 e. The van der Waals surface area contributed by atoms with Crippen molar-refractivity contribution in [3.8, 4) is 11.8 Å². The molecular formula is C25H21Cl2N5O2. The lowest BCUT2D eigenvalue weighted by atomic mass is 10.2. The molecule has 34 heavy (non-hydrogen) atoms. The molecule has 0 radical (unpaired) electrons. The van der Waals surface area contributed by atoms with Gasteiger partial charge < -0.3 is 20.1 Å². The minimum absolute atomic E-state index is 0.302. The first kappa shape index (κ1) is 22.6. The highest BCUT2D eigenvalue weighted by Crippen LogP contribution is 2.33. The molecule has 1 aliphatic carbocycles. The minimum Gasteiger partial charge on any atom is -0.390 e. The lowest BCUT2D eigenvalue weighted by molar-refractivity contribution is 0.0241. The lowest BCUT2D eigenvalue weighted by Gasteiger charge is -2.18. The molecule has 5 rings (SSSR count). The van der Waals surface area contributed by atoms with Gasteiger partial charge in [-0.2, -0.15) is 0 Å². The van der Waals surface area contributed by atoms with E-state index in [0.717, 1.165) is 11.1 Å². The molecular weight excluding hydrogens is 473 g/mol. The summed E-state index contributed by atoms with van der Waals surface area (Å²) in [6, 6.07) is 14.5. The Hall–Kier alpha value is -3.15. The van der Waals surface area contributed by atoms with Crippen LogP contribution in [0.5, 0.6) is 0 Å². The Labute approximate surface area is 206 Å². The van der Waals surface area contributed by atoms with E-state index < -0.39 is 12.2 Å². The summed E-state index contributed by atoms with van der Waals surface area (Å²) in [7, 11) is 0. The van der Waals surface area contributed by atoms with Gasteiger partial charge in [-0.15, -0.1) is 0 Å². The van der Waals surface area contributed by atoms with Gasteiger partial charge in [-0.25, -0.2) is 15.0 Å². The average Bonchev–Trinajstić information content (AvgIpc) is 3.39. The number of nitrogens with zero attached hydrogens (tertiary/aromatic N) is 4. The molecule has 1 unspecified atom stereocenters. The standard InChI is InChI=1S/C25H21Cl2N5O2/c26-17-5-1-3-15(11-17)7-10-21-30-24(28-13-16-4-2-6-18(27)12-16)22-25(31-21)32(14-29-22)19-8-9-20(33)23(19)34/h1-6,11-12,14,19-20,23,33-34H,8-9,13H2,(H,28,30,31)/t19-,20?,23+/m1/s1. The molecule has 2 aromatic heterocycles. The van der Waals surface area contributed by atoms with E-state index in [0.29, 0.717) is 52.2 Å². The summed E-state index contributed by atoms with van der Waals surface area (Å²) in [5.41, 5.74) is 2.83. The minimum atomic E-state index is -0.892. The van der Waals surface area contributed by atoms with E-state index in [1.807, 2.05) is 36.4 Å². The number of aromatic nitrogens is 4. The Morgan fingerprint density at radius 3 is 2.53 bits per heavy atom. The topological polar surface area (TPSA) is 96.1 Å². The van der Waals surface area contributed by atoms with Crippen molar-refractivity contribution in [3.05, 3.63) is 81.9 Å². The van der Waals surface area contributed by atoms with Gasteiger partial charge in [-0.1, -0.05) is 47.3 Å². The highest BCUT2D eigenvalue weighted by molar-refractivity contribution is 6.30. The molecule has 0 spiro atoms. The van der Waals surface area contributed by atoms with E-state index in [2.05, 4.69) is 32.1 Å². The van der Waals surface area contributed by atoms with Crippen molar-refractivity contribution >= 4 is 40.2 Å². The first-order chi connectivity index (χ1) is 16.5. The van der Waals surface area contributed by atoms with Crippen molar-refractivity contribution in [2.75, 3.05) is 5.32 Å². The lowest BCUT2D eigenvalue weighted by Crippen LogP contribution is -2.27. The number of halogens is 2. The molecule has 0 amide bonds. The van der Waals surface area contributed by atoms with Crippen LogP contribution in [0.15, 0.2) is 54.9 Å². The van der Waals surface area contributed by atoms with Crippen LogP contribution in [0.1, 0.15) is 35.8 Å². The second kappa shape index (κ2) is 9.61. The van der Waals surface area contributed by atoms with E-state index >= 15 is 0 Å². The Kier molecular flexibility index (Phi) is 6.40. The molecule has 172 valence electrons. The van der Waals surface area contributed by atoms with Crippen LogP contribution in [-0.4, -0.2) is 41.9 Å². The van der Waals surface area contributed by atoms with Gasteiger partial charge in [0.25, 0.3) is 0 Å². The van der Waals surface area contributed by atoms with Crippen molar-refractivity contribution in [3.63, 3.8) is 0 Å². The summed E-state index contributed by atoms with van der Waals surface area (Å²) >= 11 is 12.2. The first-order valence-corrected chi connectivity index (χ1v) is 11.6. The number of aliphatic hydroxyl groups excluding tert-OH is 2. The summed E-state index contributed by atoms with van der Waals surface area (Å²) in [5.74, 6) is 6.88. The van der Waals surface area contributed by atoms with Gasteiger partial charge in [0.1, 0.15) is 6.10 Å². The van der Waals surface area contributed by atoms with Crippen molar-refractivity contribution in [1.82, 2.24) is 19.5 Å². The van der Waals surface area contributed by atoms with Crippen LogP contribution in [0.25, 0.3) is 11.2 Å². The number of aliphatic hydroxyl groups is 2. The van der Waals surface area contributed by atoms with Crippen LogP contribution in [-0.2, 0) is 6.54 Å². The molecule has 1 fully saturated rings. The van der Waals surface area contributed by atoms with Gasteiger partial charge in [0, 0.05) is 22.2 Å². The Balaban J connectivity index is 1.55. The van der Waals surface area contributed by atoms with Crippen LogP contribution in [0.3, 0.4) is 0 Å². The van der Waals surface area contributed by atoms with E-state index in [4.69, 9.17) is 23.2 Å². The predicted octanol–water partition coefficient (Wildman–Crippen LogP) is 4.20. The molecule has 1 saturated carbocycles. The second-order valence-corrected chi connectivity index (χ2v) is 9.04. The van der Waals surface area contributed by atoms with E-state index in [1.54, 1.807) is 23.0 Å². The fraction of sp³-hybridized carbons (Fsp3) is 0.240. The third-order valence-corrected chi connectivity index (χ3v) is 6.29. The second-order valence-electron chi connectivity index (χ2n) is 8.17. The summed E-state index contributed by atoms with van der Waals surface area (Å²) in [4.78, 5) is 13.8. The molecule has 3 N–H and O–H groups in total. The molecule has 3 atom stereocenters. The molecule has 4 aromatic rings. The van der Waals surface area contributed by atoms with Crippen LogP contribution in [0.4, 0.5) is 5.82 Å². The first-order valence-electron chi connectivity index (χ1n) is 10.8. The number of rotatable bonds is 4. The molecule has 1 aliphatic rings. The Morgan fingerprint density at radius 1 is 1.00 bits per heavy atom. The number of benzene rings is 2. The number of nitrogens with one attached hydrogen (secondary N) is 1. The number of hydrogen-bond acceptors (Lipinski definition) is 6. The molecule has 7 nitrogen and oxygen atoms in total. The van der Waals surface area contributed by atoms with E-state index in [1.165, 1.54) is 0 Å². The number of hydrogen-bond donors (Lipinski definition) is 3. The van der Waals surface area contributed by atoms with Crippen LogP contribution < -0.4 is 5.32 Å². The third-order valence-electron chi connectivity index (χ3n) is 5.82. The summed E-state index contributed by atoms with van der Waals surface area (Å²) in [5, 5.41) is 25.1. The number of anilines is 1. The summed E-state index contributed by atoms with van der Waals surface area (Å²) in [6.45, 7) is 0.478. The van der Waals surface area contributed by atoms with Crippen molar-refractivity contribution in [2.24, 2.45) is 0 Å². The van der Waals surface area contributed by atoms with Gasteiger partial charge in [0.15, 0.2) is 17.0 Å². The van der Waals surface area contributed by atoms with Gasteiger partial charge in [-0.05, 0) is 54.7 Å². The summed E-state index contributed by atoms with van der Waals surface area (Å²) < 4.78 is 1.80. The molecule has 9 heteroatoms. The number of fused-ring (bicyclic) bond motifs is 1. The normalized spacial score (nSPS) is 19.7. The zero-order chi connectivity index (χ0) is 23.7. The predicted molar refractivity (Wildman–Crippen MR) is 132 cm³/mol.